The Balaban J connectivity index is 1.99. The van der Waals surface area contributed by atoms with Gasteiger partial charge in [0.15, 0.2) is 0 Å². The van der Waals surface area contributed by atoms with Crippen LogP contribution in [0.2, 0.25) is 0 Å². The lowest BCUT2D eigenvalue weighted by molar-refractivity contribution is -0.154. The van der Waals surface area contributed by atoms with Crippen molar-refractivity contribution >= 4 is 21.9 Å². The molecular formula is C17H24N2O5S. The van der Waals surface area contributed by atoms with Crippen molar-refractivity contribution in [2.45, 2.75) is 43.5 Å². The quantitative estimate of drug-likeness (QED) is 0.603. The predicted molar refractivity (Wildman–Crippen MR) is 92.2 cm³/mol. The summed E-state index contributed by atoms with van der Waals surface area (Å²) in [7, 11) is -3.56. The predicted octanol–water partition coefficient (Wildman–Crippen LogP) is 1.30. The molecule has 138 valence electrons. The number of sulfonamides is 1. The van der Waals surface area contributed by atoms with Crippen molar-refractivity contribution in [1.29, 1.82) is 0 Å². The number of nitrogens with one attached hydrogen (secondary N) is 1. The largest absolute Gasteiger partial charge is 0.459 e. The van der Waals surface area contributed by atoms with E-state index < -0.39 is 21.9 Å². The van der Waals surface area contributed by atoms with Gasteiger partial charge in [0.05, 0.1) is 11.5 Å². The zero-order valence-corrected chi connectivity index (χ0v) is 15.1. The molecular weight excluding hydrogens is 344 g/mol. The summed E-state index contributed by atoms with van der Waals surface area (Å²) < 4.78 is 31.8. The molecule has 1 heterocycles. The number of amides is 1. The van der Waals surface area contributed by atoms with Gasteiger partial charge in [-0.15, -0.1) is 0 Å². The molecule has 7 nitrogen and oxygen atoms in total. The Morgan fingerprint density at radius 1 is 1.24 bits per heavy atom. The number of ether oxygens (including phenoxy) is 1. The van der Waals surface area contributed by atoms with E-state index >= 15 is 0 Å². The molecule has 1 aliphatic heterocycles. The molecule has 1 aromatic rings. The van der Waals surface area contributed by atoms with Gasteiger partial charge < -0.3 is 10.1 Å². The zero-order valence-electron chi connectivity index (χ0n) is 14.3. The lowest BCUT2D eigenvalue weighted by Crippen LogP contribution is -2.45. The minimum Gasteiger partial charge on any atom is -0.459 e. The highest BCUT2D eigenvalue weighted by atomic mass is 32.2. The molecule has 1 aliphatic rings. The highest BCUT2D eigenvalue weighted by Gasteiger charge is 2.33. The van der Waals surface area contributed by atoms with E-state index in [0.717, 1.165) is 19.3 Å². The van der Waals surface area contributed by atoms with Crippen LogP contribution in [0.25, 0.3) is 0 Å². The molecule has 0 saturated carbocycles. The molecule has 1 fully saturated rings. The van der Waals surface area contributed by atoms with Crippen LogP contribution >= 0.6 is 0 Å². The molecule has 8 heteroatoms. The number of benzene rings is 1. The molecule has 0 aromatic heterocycles. The van der Waals surface area contributed by atoms with E-state index in [-0.39, 0.29) is 24.1 Å². The summed E-state index contributed by atoms with van der Waals surface area (Å²) >= 11 is 0. The van der Waals surface area contributed by atoms with Gasteiger partial charge in [0.1, 0.15) is 0 Å². The minimum absolute atomic E-state index is 0.137. The molecule has 0 spiro atoms. The Hall–Kier alpha value is -1.93. The lowest BCUT2D eigenvalue weighted by Gasteiger charge is -2.34. The van der Waals surface area contributed by atoms with Crippen LogP contribution in [0.4, 0.5) is 0 Å². The van der Waals surface area contributed by atoms with Gasteiger partial charge in [0.25, 0.3) is 0 Å². The van der Waals surface area contributed by atoms with E-state index in [9.17, 15) is 18.0 Å². The summed E-state index contributed by atoms with van der Waals surface area (Å²) in [4.78, 5) is 23.1. The molecule has 1 saturated heterocycles. The molecule has 1 amide bonds. The topological polar surface area (TPSA) is 92.8 Å². The third kappa shape index (κ3) is 5.02. The van der Waals surface area contributed by atoms with Crippen molar-refractivity contribution in [2.24, 2.45) is 0 Å². The number of carbonyl (C=O) groups is 2. The number of nitrogens with zero attached hydrogens (tertiary/aromatic N) is 1. The molecule has 0 bridgehead atoms. The summed E-state index contributed by atoms with van der Waals surface area (Å²) in [5.41, 5.74) is 0. The van der Waals surface area contributed by atoms with Crippen molar-refractivity contribution in [2.75, 3.05) is 19.7 Å². The standard InChI is InChI=1S/C17H24N2O5S/c1-2-24-17(21)16(20)18-12-11-14-8-6-7-13-19(14)25(22,23)15-9-4-3-5-10-15/h3-5,9-10,14H,2,6-8,11-13H2,1H3,(H,18,20). The molecule has 2 rings (SSSR count). The van der Waals surface area contributed by atoms with Crippen LogP contribution in [-0.4, -0.2) is 50.3 Å². The van der Waals surface area contributed by atoms with Crippen LogP contribution < -0.4 is 5.32 Å². The molecule has 0 radical (unpaired) electrons. The van der Waals surface area contributed by atoms with Crippen molar-refractivity contribution in [3.8, 4) is 0 Å². The van der Waals surface area contributed by atoms with E-state index in [0.29, 0.717) is 13.0 Å². The lowest BCUT2D eigenvalue weighted by atomic mass is 10.0. The van der Waals surface area contributed by atoms with E-state index in [1.54, 1.807) is 37.3 Å². The minimum atomic E-state index is -3.56. The SMILES string of the molecule is CCOC(=O)C(=O)NCCC1CCCCN1S(=O)(=O)c1ccccc1. The number of hydrogen-bond acceptors (Lipinski definition) is 5. The Labute approximate surface area is 148 Å². The van der Waals surface area contributed by atoms with Gasteiger partial charge in [-0.1, -0.05) is 24.6 Å². The van der Waals surface area contributed by atoms with Crippen molar-refractivity contribution in [3.63, 3.8) is 0 Å². The van der Waals surface area contributed by atoms with Crippen molar-refractivity contribution in [3.05, 3.63) is 30.3 Å². The first-order valence-electron chi connectivity index (χ1n) is 8.48. The van der Waals surface area contributed by atoms with Crippen LogP contribution in [0.5, 0.6) is 0 Å². The van der Waals surface area contributed by atoms with E-state index in [1.165, 1.54) is 4.31 Å². The zero-order chi connectivity index (χ0) is 18.3. The van der Waals surface area contributed by atoms with Gasteiger partial charge >= 0.3 is 11.9 Å². The molecule has 1 N–H and O–H groups in total. The second-order valence-corrected chi connectivity index (χ2v) is 7.73. The average Bonchev–Trinajstić information content (AvgIpc) is 2.63. The first-order valence-corrected chi connectivity index (χ1v) is 9.92. The number of rotatable bonds is 6. The number of hydrogen-bond donors (Lipinski definition) is 1. The average molecular weight is 368 g/mol. The molecule has 1 atom stereocenters. The Morgan fingerprint density at radius 3 is 2.64 bits per heavy atom. The molecule has 1 aromatic carbocycles. The third-order valence-corrected chi connectivity index (χ3v) is 6.11. The van der Waals surface area contributed by atoms with Crippen LogP contribution in [0.15, 0.2) is 35.2 Å². The van der Waals surface area contributed by atoms with Crippen LogP contribution in [0.3, 0.4) is 0 Å². The summed E-state index contributed by atoms with van der Waals surface area (Å²) in [5.74, 6) is -1.71. The fourth-order valence-electron chi connectivity index (χ4n) is 2.93. The maximum absolute atomic E-state index is 12.9. The summed E-state index contributed by atoms with van der Waals surface area (Å²) in [5, 5.41) is 2.49. The van der Waals surface area contributed by atoms with E-state index in [4.69, 9.17) is 0 Å². The summed E-state index contributed by atoms with van der Waals surface area (Å²) in [6.45, 7) is 2.45. The Bertz CT molecular complexity index is 690. The van der Waals surface area contributed by atoms with E-state index in [1.807, 2.05) is 0 Å². The smallest absolute Gasteiger partial charge is 0.396 e. The first kappa shape index (κ1) is 19.4. The molecule has 25 heavy (non-hydrogen) atoms. The van der Waals surface area contributed by atoms with Crippen molar-refractivity contribution in [1.82, 2.24) is 9.62 Å². The van der Waals surface area contributed by atoms with Gasteiger partial charge in [-0.05, 0) is 38.3 Å². The van der Waals surface area contributed by atoms with Crippen molar-refractivity contribution < 1.29 is 22.7 Å². The summed E-state index contributed by atoms with van der Waals surface area (Å²) in [6, 6.07) is 8.16. The highest BCUT2D eigenvalue weighted by molar-refractivity contribution is 7.89. The normalized spacial score (nSPS) is 18.5. The monoisotopic (exact) mass is 368 g/mol. The van der Waals surface area contributed by atoms with Crippen LogP contribution in [0.1, 0.15) is 32.6 Å². The number of esters is 1. The maximum atomic E-state index is 12.9. The van der Waals surface area contributed by atoms with Crippen LogP contribution in [0, 0.1) is 0 Å². The Morgan fingerprint density at radius 2 is 1.96 bits per heavy atom. The Kier molecular flexibility index (Phi) is 6.95. The summed E-state index contributed by atoms with van der Waals surface area (Å²) in [6.07, 6.45) is 2.95. The van der Waals surface area contributed by atoms with Crippen LogP contribution in [-0.2, 0) is 24.3 Å². The van der Waals surface area contributed by atoms with Gasteiger partial charge in [0.2, 0.25) is 10.0 Å². The second-order valence-electron chi connectivity index (χ2n) is 5.84. The fourth-order valence-corrected chi connectivity index (χ4v) is 4.67. The first-order chi connectivity index (χ1) is 12.0. The second kappa shape index (κ2) is 8.96. The molecule has 0 aliphatic carbocycles. The van der Waals surface area contributed by atoms with E-state index in [2.05, 4.69) is 10.1 Å². The number of carbonyl (C=O) groups excluding carboxylic acids is 2. The molecule has 1 unspecified atom stereocenters. The van der Waals surface area contributed by atoms with Gasteiger partial charge in [-0.3, -0.25) is 4.79 Å². The number of piperidine rings is 1. The van der Waals surface area contributed by atoms with Gasteiger partial charge in [-0.2, -0.15) is 4.31 Å². The van der Waals surface area contributed by atoms with Gasteiger partial charge in [-0.25, -0.2) is 13.2 Å². The fraction of sp³-hybridized carbons (Fsp3) is 0.529. The third-order valence-electron chi connectivity index (χ3n) is 4.15. The van der Waals surface area contributed by atoms with Gasteiger partial charge in [0, 0.05) is 19.1 Å². The highest BCUT2D eigenvalue weighted by Crippen LogP contribution is 2.26. The maximum Gasteiger partial charge on any atom is 0.396 e.